The highest BCUT2D eigenvalue weighted by atomic mass is 16.5. The molecule has 1 saturated carbocycles. The Morgan fingerprint density at radius 1 is 1.25 bits per heavy atom. The molecule has 0 radical (unpaired) electrons. The quantitative estimate of drug-likeness (QED) is 0.852. The van der Waals surface area contributed by atoms with Crippen LogP contribution in [0, 0.1) is 0 Å². The molecule has 1 aromatic rings. The molecule has 0 spiro atoms. The predicted molar refractivity (Wildman–Crippen MR) is 98.6 cm³/mol. The van der Waals surface area contributed by atoms with Gasteiger partial charge in [-0.15, -0.1) is 0 Å². The molecule has 130 valence electrons. The summed E-state index contributed by atoms with van der Waals surface area (Å²) >= 11 is 0. The number of urea groups is 1. The van der Waals surface area contributed by atoms with Crippen molar-refractivity contribution < 1.29 is 9.53 Å². The van der Waals surface area contributed by atoms with Gasteiger partial charge >= 0.3 is 6.03 Å². The van der Waals surface area contributed by atoms with Gasteiger partial charge in [-0.1, -0.05) is 25.3 Å². The summed E-state index contributed by atoms with van der Waals surface area (Å²) in [7, 11) is 1.67. The van der Waals surface area contributed by atoms with Gasteiger partial charge in [-0.25, -0.2) is 4.79 Å². The summed E-state index contributed by atoms with van der Waals surface area (Å²) in [6.45, 7) is 6.27. The summed E-state index contributed by atoms with van der Waals surface area (Å²) in [5.74, 6) is 0.814. The maximum Gasteiger partial charge on any atom is 0.322 e. The lowest BCUT2D eigenvalue weighted by atomic mass is 9.89. The third-order valence-corrected chi connectivity index (χ3v) is 5.15. The van der Waals surface area contributed by atoms with Crippen LogP contribution in [0.1, 0.15) is 58.4 Å². The number of rotatable bonds is 2. The number of anilines is 1. The number of fused-ring (bicyclic) bond motifs is 1. The molecule has 24 heavy (non-hydrogen) atoms. The van der Waals surface area contributed by atoms with E-state index in [-0.39, 0.29) is 11.6 Å². The standard InChI is InChI=1S/C20H28N2O2/c1-14-13-20(2,3)22(18-11-10-16(24-4)12-17(14)18)19(23)21-15-8-6-5-7-9-15/h10-13,15H,5-9H2,1-4H3,(H,21,23). The fourth-order valence-electron chi connectivity index (χ4n) is 3.99. The minimum absolute atomic E-state index is 0.00191. The molecule has 0 unspecified atom stereocenters. The molecule has 0 bridgehead atoms. The molecule has 1 aliphatic carbocycles. The highest BCUT2D eigenvalue weighted by Gasteiger charge is 2.36. The number of methoxy groups -OCH3 is 1. The van der Waals surface area contributed by atoms with Crippen molar-refractivity contribution in [2.45, 2.75) is 64.5 Å². The van der Waals surface area contributed by atoms with Crippen molar-refractivity contribution in [1.29, 1.82) is 0 Å². The lowest BCUT2D eigenvalue weighted by Gasteiger charge is -2.42. The average molecular weight is 328 g/mol. The zero-order valence-electron chi connectivity index (χ0n) is 15.2. The van der Waals surface area contributed by atoms with Crippen LogP contribution in [0.15, 0.2) is 24.3 Å². The number of amides is 2. The van der Waals surface area contributed by atoms with E-state index in [0.717, 1.165) is 29.8 Å². The normalized spacial score (nSPS) is 20.2. The molecule has 1 N–H and O–H groups in total. The first kappa shape index (κ1) is 16.9. The molecule has 1 fully saturated rings. The van der Waals surface area contributed by atoms with Crippen LogP contribution in [0.25, 0.3) is 5.57 Å². The summed E-state index contributed by atoms with van der Waals surface area (Å²) in [6, 6.07) is 6.23. The van der Waals surface area contributed by atoms with Gasteiger partial charge in [-0.2, -0.15) is 0 Å². The second-order valence-corrected chi connectivity index (χ2v) is 7.48. The van der Waals surface area contributed by atoms with Crippen molar-refractivity contribution in [2.75, 3.05) is 12.0 Å². The Morgan fingerprint density at radius 3 is 2.62 bits per heavy atom. The Hall–Kier alpha value is -1.97. The topological polar surface area (TPSA) is 41.6 Å². The van der Waals surface area contributed by atoms with Gasteiger partial charge in [0.15, 0.2) is 0 Å². The minimum atomic E-state index is -0.357. The van der Waals surface area contributed by atoms with E-state index >= 15 is 0 Å². The Bertz CT molecular complexity index is 658. The van der Waals surface area contributed by atoms with Gasteiger partial charge in [0.05, 0.1) is 18.3 Å². The largest absolute Gasteiger partial charge is 0.497 e. The van der Waals surface area contributed by atoms with Gasteiger partial charge in [-0.05, 0) is 57.4 Å². The fraction of sp³-hybridized carbons (Fsp3) is 0.550. The van der Waals surface area contributed by atoms with Gasteiger partial charge in [0.25, 0.3) is 0 Å². The van der Waals surface area contributed by atoms with E-state index in [1.54, 1.807) is 7.11 Å². The predicted octanol–water partition coefficient (Wildman–Crippen LogP) is 4.74. The van der Waals surface area contributed by atoms with Crippen molar-refractivity contribution >= 4 is 17.3 Å². The Kier molecular flexibility index (Phi) is 4.57. The summed E-state index contributed by atoms with van der Waals surface area (Å²) in [6.07, 6.45) is 8.04. The van der Waals surface area contributed by atoms with Crippen LogP contribution in [0.2, 0.25) is 0 Å². The van der Waals surface area contributed by atoms with E-state index in [0.29, 0.717) is 6.04 Å². The molecule has 3 rings (SSSR count). The molecule has 0 atom stereocenters. The van der Waals surface area contributed by atoms with E-state index in [1.165, 1.54) is 24.8 Å². The smallest absolute Gasteiger partial charge is 0.322 e. The molecule has 0 aromatic heterocycles. The molecule has 1 aliphatic heterocycles. The summed E-state index contributed by atoms with van der Waals surface area (Å²) in [5.41, 5.74) is 2.84. The van der Waals surface area contributed by atoms with Crippen molar-refractivity contribution in [3.05, 3.63) is 29.8 Å². The number of ether oxygens (including phenoxy) is 1. The lowest BCUT2D eigenvalue weighted by molar-refractivity contribution is 0.234. The van der Waals surface area contributed by atoms with Gasteiger partial charge in [-0.3, -0.25) is 4.90 Å². The molecule has 2 amide bonds. The van der Waals surface area contributed by atoms with E-state index in [4.69, 9.17) is 4.74 Å². The van der Waals surface area contributed by atoms with Gasteiger partial charge < -0.3 is 10.1 Å². The van der Waals surface area contributed by atoms with E-state index in [9.17, 15) is 4.79 Å². The van der Waals surface area contributed by atoms with Crippen molar-refractivity contribution in [1.82, 2.24) is 5.32 Å². The van der Waals surface area contributed by atoms with E-state index in [1.807, 2.05) is 23.1 Å². The number of benzene rings is 1. The lowest BCUT2D eigenvalue weighted by Crippen LogP contribution is -2.55. The number of carbonyl (C=O) groups excluding carboxylic acids is 1. The zero-order chi connectivity index (χ0) is 17.3. The SMILES string of the molecule is COc1ccc2c(c1)C(C)=CC(C)(C)N2C(=O)NC1CCCCC1. The molecular formula is C20H28N2O2. The number of allylic oxidation sites excluding steroid dienone is 1. The van der Waals surface area contributed by atoms with Gasteiger partial charge in [0.1, 0.15) is 5.75 Å². The molecular weight excluding hydrogens is 300 g/mol. The molecule has 0 saturated heterocycles. The molecule has 4 nitrogen and oxygen atoms in total. The highest BCUT2D eigenvalue weighted by Crippen LogP contribution is 2.40. The first-order chi connectivity index (χ1) is 11.4. The number of carbonyl (C=O) groups is 1. The first-order valence-electron chi connectivity index (χ1n) is 8.91. The molecule has 4 heteroatoms. The Balaban J connectivity index is 1.92. The van der Waals surface area contributed by atoms with Crippen LogP contribution in [-0.2, 0) is 0 Å². The van der Waals surface area contributed by atoms with Crippen LogP contribution < -0.4 is 15.0 Å². The maximum absolute atomic E-state index is 13.1. The number of hydrogen-bond donors (Lipinski definition) is 1. The third-order valence-electron chi connectivity index (χ3n) is 5.15. The number of hydrogen-bond acceptors (Lipinski definition) is 2. The Labute approximate surface area is 144 Å². The van der Waals surface area contributed by atoms with Crippen molar-refractivity contribution in [3.8, 4) is 5.75 Å². The molecule has 2 aliphatic rings. The van der Waals surface area contributed by atoms with E-state index in [2.05, 4.69) is 32.2 Å². The minimum Gasteiger partial charge on any atom is -0.497 e. The average Bonchev–Trinajstić information content (AvgIpc) is 2.54. The van der Waals surface area contributed by atoms with Crippen LogP contribution >= 0.6 is 0 Å². The van der Waals surface area contributed by atoms with Crippen LogP contribution in [0.4, 0.5) is 10.5 Å². The number of nitrogens with zero attached hydrogens (tertiary/aromatic N) is 1. The van der Waals surface area contributed by atoms with Crippen LogP contribution in [0.3, 0.4) is 0 Å². The monoisotopic (exact) mass is 328 g/mol. The summed E-state index contributed by atoms with van der Waals surface area (Å²) < 4.78 is 5.35. The number of nitrogens with one attached hydrogen (secondary N) is 1. The summed E-state index contributed by atoms with van der Waals surface area (Å²) in [4.78, 5) is 15.0. The van der Waals surface area contributed by atoms with E-state index < -0.39 is 0 Å². The third kappa shape index (κ3) is 3.14. The molecule has 1 aromatic carbocycles. The summed E-state index contributed by atoms with van der Waals surface area (Å²) in [5, 5.41) is 3.26. The first-order valence-corrected chi connectivity index (χ1v) is 8.91. The van der Waals surface area contributed by atoms with Crippen LogP contribution in [0.5, 0.6) is 5.75 Å². The second-order valence-electron chi connectivity index (χ2n) is 7.48. The van der Waals surface area contributed by atoms with Crippen molar-refractivity contribution in [2.24, 2.45) is 0 Å². The van der Waals surface area contributed by atoms with Gasteiger partial charge in [0.2, 0.25) is 0 Å². The van der Waals surface area contributed by atoms with Crippen LogP contribution in [-0.4, -0.2) is 24.7 Å². The van der Waals surface area contributed by atoms with Crippen molar-refractivity contribution in [3.63, 3.8) is 0 Å². The maximum atomic E-state index is 13.1. The zero-order valence-corrected chi connectivity index (χ0v) is 15.2. The van der Waals surface area contributed by atoms with Gasteiger partial charge in [0, 0.05) is 11.6 Å². The fourth-order valence-corrected chi connectivity index (χ4v) is 3.99. The molecule has 1 heterocycles. The highest BCUT2D eigenvalue weighted by molar-refractivity contribution is 5.99. The second kappa shape index (κ2) is 6.50. The Morgan fingerprint density at radius 2 is 1.96 bits per heavy atom.